The molecule has 1 heterocycles. The highest BCUT2D eigenvalue weighted by molar-refractivity contribution is 5.81. The lowest BCUT2D eigenvalue weighted by molar-refractivity contribution is -0.130. The summed E-state index contributed by atoms with van der Waals surface area (Å²) in [5.41, 5.74) is 0. The third kappa shape index (κ3) is 8.54. The largest absolute Gasteiger partial charge is 0.357 e. The lowest BCUT2D eigenvalue weighted by Gasteiger charge is -2.33. The van der Waals surface area contributed by atoms with Crippen LogP contribution in [-0.2, 0) is 4.79 Å². The van der Waals surface area contributed by atoms with Crippen LogP contribution in [0.15, 0.2) is 4.99 Å². The standard InChI is InChI=1S/C18H38N6O/c1-5-19-18(20-10-9-17(25)24(7-3)8-4)21-11-12-23-15-13-22(6-2)14-16-23/h5-16H2,1-4H3,(H2,19,20,21). The molecular formula is C18H38N6O. The summed E-state index contributed by atoms with van der Waals surface area (Å²) in [6, 6.07) is 0. The van der Waals surface area contributed by atoms with Gasteiger partial charge >= 0.3 is 0 Å². The topological polar surface area (TPSA) is 63.2 Å². The molecule has 146 valence electrons. The monoisotopic (exact) mass is 354 g/mol. The SMILES string of the molecule is CCNC(=NCCN1CCN(CC)CC1)NCCC(=O)N(CC)CC. The van der Waals surface area contributed by atoms with Gasteiger partial charge in [0.05, 0.1) is 6.54 Å². The summed E-state index contributed by atoms with van der Waals surface area (Å²) >= 11 is 0. The van der Waals surface area contributed by atoms with Crippen LogP contribution in [0, 0.1) is 0 Å². The van der Waals surface area contributed by atoms with Crippen molar-refractivity contribution in [1.29, 1.82) is 0 Å². The van der Waals surface area contributed by atoms with E-state index in [1.165, 1.54) is 0 Å². The normalized spacial score (nSPS) is 16.7. The number of likely N-dealkylation sites (N-methyl/N-ethyl adjacent to an activating group) is 1. The van der Waals surface area contributed by atoms with Crippen LogP contribution in [0.1, 0.15) is 34.1 Å². The van der Waals surface area contributed by atoms with Crippen LogP contribution < -0.4 is 10.6 Å². The maximum absolute atomic E-state index is 12.0. The van der Waals surface area contributed by atoms with E-state index in [2.05, 4.69) is 39.3 Å². The van der Waals surface area contributed by atoms with Crippen LogP contribution in [0.3, 0.4) is 0 Å². The first-order valence-electron chi connectivity index (χ1n) is 9.89. The molecule has 1 fully saturated rings. The number of rotatable bonds is 10. The number of piperazine rings is 1. The van der Waals surface area contributed by atoms with Gasteiger partial charge in [0.2, 0.25) is 5.91 Å². The number of nitrogens with zero attached hydrogens (tertiary/aromatic N) is 4. The second-order valence-electron chi connectivity index (χ2n) is 6.28. The maximum atomic E-state index is 12.0. The van der Waals surface area contributed by atoms with Gasteiger partial charge < -0.3 is 20.4 Å². The summed E-state index contributed by atoms with van der Waals surface area (Å²) in [6.07, 6.45) is 0.505. The van der Waals surface area contributed by atoms with Crippen LogP contribution in [0.5, 0.6) is 0 Å². The Morgan fingerprint density at radius 2 is 1.64 bits per heavy atom. The van der Waals surface area contributed by atoms with E-state index >= 15 is 0 Å². The molecule has 1 aliphatic rings. The van der Waals surface area contributed by atoms with E-state index in [4.69, 9.17) is 0 Å². The molecule has 1 aliphatic heterocycles. The molecular weight excluding hydrogens is 316 g/mol. The average molecular weight is 355 g/mol. The van der Waals surface area contributed by atoms with Crippen molar-refractivity contribution in [3.05, 3.63) is 0 Å². The van der Waals surface area contributed by atoms with Gasteiger partial charge in [-0.15, -0.1) is 0 Å². The van der Waals surface area contributed by atoms with E-state index < -0.39 is 0 Å². The minimum Gasteiger partial charge on any atom is -0.357 e. The van der Waals surface area contributed by atoms with Crippen molar-refractivity contribution in [2.24, 2.45) is 4.99 Å². The predicted octanol–water partition coefficient (Wildman–Crippen LogP) is 0.438. The summed E-state index contributed by atoms with van der Waals surface area (Å²) < 4.78 is 0. The average Bonchev–Trinajstić information content (AvgIpc) is 2.63. The van der Waals surface area contributed by atoms with Gasteiger partial charge in [-0.2, -0.15) is 0 Å². The fraction of sp³-hybridized carbons (Fsp3) is 0.889. The number of aliphatic imine (C=N–C) groups is 1. The van der Waals surface area contributed by atoms with E-state index in [9.17, 15) is 4.79 Å². The molecule has 0 atom stereocenters. The van der Waals surface area contributed by atoms with Gasteiger partial charge in [-0.3, -0.25) is 14.7 Å². The van der Waals surface area contributed by atoms with Crippen molar-refractivity contribution >= 4 is 11.9 Å². The molecule has 0 aromatic heterocycles. The Morgan fingerprint density at radius 3 is 2.20 bits per heavy atom. The first-order valence-corrected chi connectivity index (χ1v) is 9.89. The number of carbonyl (C=O) groups is 1. The van der Waals surface area contributed by atoms with E-state index in [0.717, 1.165) is 71.4 Å². The molecule has 0 aromatic carbocycles. The first-order chi connectivity index (χ1) is 12.1. The number of amides is 1. The summed E-state index contributed by atoms with van der Waals surface area (Å²) in [7, 11) is 0. The van der Waals surface area contributed by atoms with Gasteiger partial charge in [-0.25, -0.2) is 0 Å². The zero-order valence-corrected chi connectivity index (χ0v) is 16.7. The molecule has 0 unspecified atom stereocenters. The number of hydrogen-bond donors (Lipinski definition) is 2. The molecule has 1 rings (SSSR count). The first kappa shape index (κ1) is 21.7. The Hall–Kier alpha value is -1.34. The molecule has 0 radical (unpaired) electrons. The molecule has 7 heteroatoms. The highest BCUT2D eigenvalue weighted by atomic mass is 16.2. The van der Waals surface area contributed by atoms with Gasteiger partial charge in [-0.1, -0.05) is 6.92 Å². The summed E-state index contributed by atoms with van der Waals surface area (Å²) in [6.45, 7) is 18.8. The Morgan fingerprint density at radius 1 is 1.00 bits per heavy atom. The maximum Gasteiger partial charge on any atom is 0.224 e. The minimum absolute atomic E-state index is 0.196. The molecule has 7 nitrogen and oxygen atoms in total. The predicted molar refractivity (Wildman–Crippen MR) is 105 cm³/mol. The highest BCUT2D eigenvalue weighted by Crippen LogP contribution is 2.00. The van der Waals surface area contributed by atoms with Crippen molar-refractivity contribution < 1.29 is 4.79 Å². The Bertz CT molecular complexity index is 389. The van der Waals surface area contributed by atoms with E-state index in [1.807, 2.05) is 18.7 Å². The molecule has 1 saturated heterocycles. The highest BCUT2D eigenvalue weighted by Gasteiger charge is 2.14. The smallest absolute Gasteiger partial charge is 0.224 e. The Balaban J connectivity index is 2.30. The lowest BCUT2D eigenvalue weighted by Crippen LogP contribution is -2.47. The van der Waals surface area contributed by atoms with Crippen molar-refractivity contribution in [2.75, 3.05) is 72.0 Å². The fourth-order valence-corrected chi connectivity index (χ4v) is 3.00. The van der Waals surface area contributed by atoms with Gasteiger partial charge in [-0.05, 0) is 27.3 Å². The van der Waals surface area contributed by atoms with E-state index in [0.29, 0.717) is 13.0 Å². The van der Waals surface area contributed by atoms with Crippen LogP contribution in [0.2, 0.25) is 0 Å². The second kappa shape index (κ2) is 12.9. The molecule has 0 aromatic rings. The van der Waals surface area contributed by atoms with Crippen molar-refractivity contribution in [1.82, 2.24) is 25.3 Å². The molecule has 0 spiro atoms. The Kier molecular flexibility index (Phi) is 11.2. The van der Waals surface area contributed by atoms with Crippen LogP contribution in [-0.4, -0.2) is 98.6 Å². The quantitative estimate of drug-likeness (QED) is 0.440. The van der Waals surface area contributed by atoms with Crippen LogP contribution >= 0.6 is 0 Å². The number of guanidine groups is 1. The van der Waals surface area contributed by atoms with E-state index in [1.54, 1.807) is 0 Å². The van der Waals surface area contributed by atoms with Gasteiger partial charge in [0.1, 0.15) is 0 Å². The third-order valence-electron chi connectivity index (χ3n) is 4.69. The third-order valence-corrected chi connectivity index (χ3v) is 4.69. The molecule has 0 aliphatic carbocycles. The van der Waals surface area contributed by atoms with Gasteiger partial charge in [0.15, 0.2) is 5.96 Å². The molecule has 25 heavy (non-hydrogen) atoms. The number of carbonyl (C=O) groups excluding carboxylic acids is 1. The molecule has 0 bridgehead atoms. The van der Waals surface area contributed by atoms with Gasteiger partial charge in [0.25, 0.3) is 0 Å². The Labute approximate surface area is 153 Å². The van der Waals surface area contributed by atoms with E-state index in [-0.39, 0.29) is 5.91 Å². The van der Waals surface area contributed by atoms with Crippen LogP contribution in [0.4, 0.5) is 0 Å². The van der Waals surface area contributed by atoms with Crippen molar-refractivity contribution in [3.8, 4) is 0 Å². The fourth-order valence-electron chi connectivity index (χ4n) is 3.00. The zero-order chi connectivity index (χ0) is 18.5. The minimum atomic E-state index is 0.196. The van der Waals surface area contributed by atoms with Crippen LogP contribution in [0.25, 0.3) is 0 Å². The van der Waals surface area contributed by atoms with Crippen molar-refractivity contribution in [2.45, 2.75) is 34.1 Å². The summed E-state index contributed by atoms with van der Waals surface area (Å²) in [5, 5.41) is 6.53. The number of hydrogen-bond acceptors (Lipinski definition) is 4. The zero-order valence-electron chi connectivity index (χ0n) is 16.7. The van der Waals surface area contributed by atoms with Crippen molar-refractivity contribution in [3.63, 3.8) is 0 Å². The lowest BCUT2D eigenvalue weighted by atomic mass is 10.3. The molecule has 1 amide bonds. The molecule has 0 saturated carbocycles. The van der Waals surface area contributed by atoms with Gasteiger partial charge in [0, 0.05) is 65.3 Å². The number of nitrogens with one attached hydrogen (secondary N) is 2. The second-order valence-corrected chi connectivity index (χ2v) is 6.28. The summed E-state index contributed by atoms with van der Waals surface area (Å²) in [5.74, 6) is 1.00. The molecule has 2 N–H and O–H groups in total. The summed E-state index contributed by atoms with van der Waals surface area (Å²) in [4.78, 5) is 23.5.